The molecule has 2 fully saturated rings. The van der Waals surface area contributed by atoms with Crippen molar-refractivity contribution < 1.29 is 13.9 Å². The number of likely N-dealkylation sites (tertiary alicyclic amines) is 1. The number of carbonyl (C=O) groups excluding carboxylic acids is 1. The second kappa shape index (κ2) is 10.9. The Hall–Kier alpha value is -2.44. The van der Waals surface area contributed by atoms with Crippen molar-refractivity contribution in [3.05, 3.63) is 59.9 Å². The van der Waals surface area contributed by atoms with E-state index in [4.69, 9.17) is 10.5 Å². The van der Waals surface area contributed by atoms with Crippen LogP contribution in [0.1, 0.15) is 48.9 Å². The zero-order valence-electron chi connectivity index (χ0n) is 18.7. The fraction of sp³-hybridized carbons (Fsp3) is 0.500. The minimum atomic E-state index is -0.347. The van der Waals surface area contributed by atoms with Gasteiger partial charge in [-0.15, -0.1) is 0 Å². The van der Waals surface area contributed by atoms with Crippen molar-refractivity contribution >= 4 is 11.6 Å². The van der Waals surface area contributed by atoms with Crippen LogP contribution < -0.4 is 15.4 Å². The maximum absolute atomic E-state index is 13.4. The third kappa shape index (κ3) is 6.08. The molecular formula is C26H34FN3O2. The molecular weight excluding hydrogens is 405 g/mol. The van der Waals surface area contributed by atoms with Crippen molar-refractivity contribution in [1.29, 1.82) is 0 Å². The van der Waals surface area contributed by atoms with E-state index in [2.05, 4.69) is 4.90 Å². The maximum Gasteiger partial charge on any atom is 0.258 e. The topological polar surface area (TPSA) is 58.8 Å². The van der Waals surface area contributed by atoms with Crippen molar-refractivity contribution in [2.75, 3.05) is 37.7 Å². The lowest BCUT2D eigenvalue weighted by molar-refractivity contribution is 0.0979. The second-order valence-electron chi connectivity index (χ2n) is 9.11. The number of anilines is 1. The Kier molecular flexibility index (Phi) is 7.76. The summed E-state index contributed by atoms with van der Waals surface area (Å²) in [7, 11) is 0. The molecule has 1 saturated heterocycles. The molecule has 2 N–H and O–H groups in total. The second-order valence-corrected chi connectivity index (χ2v) is 9.11. The van der Waals surface area contributed by atoms with Crippen LogP contribution in [0.4, 0.5) is 10.1 Å². The molecule has 2 aromatic rings. The van der Waals surface area contributed by atoms with Gasteiger partial charge in [0.05, 0.1) is 0 Å². The molecule has 0 radical (unpaired) electrons. The van der Waals surface area contributed by atoms with E-state index in [0.29, 0.717) is 24.6 Å². The van der Waals surface area contributed by atoms with Gasteiger partial charge in [0.2, 0.25) is 0 Å². The summed E-state index contributed by atoms with van der Waals surface area (Å²) in [6.07, 6.45) is 6.64. The third-order valence-corrected chi connectivity index (χ3v) is 6.60. The molecule has 5 nitrogen and oxygen atoms in total. The molecule has 32 heavy (non-hydrogen) atoms. The molecule has 2 atom stereocenters. The zero-order chi connectivity index (χ0) is 22.3. The normalized spacial score (nSPS) is 21.4. The summed E-state index contributed by atoms with van der Waals surface area (Å²) in [6, 6.07) is 13.7. The molecule has 0 bridgehead atoms. The Morgan fingerprint density at radius 3 is 2.62 bits per heavy atom. The van der Waals surface area contributed by atoms with E-state index in [-0.39, 0.29) is 17.8 Å². The lowest BCUT2D eigenvalue weighted by atomic mass is 9.85. The van der Waals surface area contributed by atoms with E-state index in [1.165, 1.54) is 25.0 Å². The fourth-order valence-electron chi connectivity index (χ4n) is 4.85. The smallest absolute Gasteiger partial charge is 0.258 e. The van der Waals surface area contributed by atoms with Crippen molar-refractivity contribution in [3.8, 4) is 5.75 Å². The fourth-order valence-corrected chi connectivity index (χ4v) is 4.85. The number of nitrogens with two attached hydrogens (primary N) is 1. The van der Waals surface area contributed by atoms with Crippen LogP contribution >= 0.6 is 0 Å². The van der Waals surface area contributed by atoms with Crippen LogP contribution in [0.3, 0.4) is 0 Å². The van der Waals surface area contributed by atoms with E-state index in [9.17, 15) is 9.18 Å². The van der Waals surface area contributed by atoms with Gasteiger partial charge in [0.15, 0.2) is 0 Å². The van der Waals surface area contributed by atoms with Crippen molar-refractivity contribution in [2.45, 2.75) is 44.6 Å². The first kappa shape index (κ1) is 22.7. The summed E-state index contributed by atoms with van der Waals surface area (Å²) in [5.74, 6) is 0.639. The third-order valence-electron chi connectivity index (χ3n) is 6.60. The Morgan fingerprint density at radius 1 is 1.09 bits per heavy atom. The van der Waals surface area contributed by atoms with E-state index in [1.54, 1.807) is 12.1 Å². The van der Waals surface area contributed by atoms with Gasteiger partial charge in [-0.25, -0.2) is 4.39 Å². The minimum Gasteiger partial charge on any atom is -0.492 e. The number of rotatable bonds is 8. The Morgan fingerprint density at radius 2 is 1.88 bits per heavy atom. The van der Waals surface area contributed by atoms with Gasteiger partial charge in [-0.2, -0.15) is 0 Å². The molecule has 6 heteroatoms. The molecule has 0 unspecified atom stereocenters. The molecule has 1 saturated carbocycles. The summed E-state index contributed by atoms with van der Waals surface area (Å²) >= 11 is 0. The first-order valence-corrected chi connectivity index (χ1v) is 11.9. The number of carbonyl (C=O) groups is 1. The van der Waals surface area contributed by atoms with Crippen LogP contribution in [-0.4, -0.2) is 49.6 Å². The van der Waals surface area contributed by atoms with E-state index >= 15 is 0 Å². The predicted octanol–water partition coefficient (Wildman–Crippen LogP) is 4.46. The highest BCUT2D eigenvalue weighted by Gasteiger charge is 2.26. The number of ether oxygens (including phenoxy) is 1. The van der Waals surface area contributed by atoms with Gasteiger partial charge in [-0.3, -0.25) is 9.69 Å². The average Bonchev–Trinajstić information content (AvgIpc) is 3.31. The number of nitrogens with zero attached hydrogens (tertiary/aromatic N) is 2. The maximum atomic E-state index is 13.4. The zero-order valence-corrected chi connectivity index (χ0v) is 18.7. The van der Waals surface area contributed by atoms with Gasteiger partial charge in [0, 0.05) is 36.4 Å². The largest absolute Gasteiger partial charge is 0.492 e. The van der Waals surface area contributed by atoms with E-state index in [0.717, 1.165) is 56.8 Å². The number of hydrogen-bond acceptors (Lipinski definition) is 4. The van der Waals surface area contributed by atoms with Gasteiger partial charge in [0.25, 0.3) is 5.91 Å². The van der Waals surface area contributed by atoms with Gasteiger partial charge < -0.3 is 15.4 Å². The molecule has 1 aliphatic heterocycles. The van der Waals surface area contributed by atoms with Crippen molar-refractivity contribution in [2.24, 2.45) is 11.7 Å². The molecule has 1 amide bonds. The van der Waals surface area contributed by atoms with Gasteiger partial charge in [0.1, 0.15) is 18.2 Å². The van der Waals surface area contributed by atoms with E-state index < -0.39 is 0 Å². The van der Waals surface area contributed by atoms with Crippen LogP contribution in [0.25, 0.3) is 0 Å². The van der Waals surface area contributed by atoms with Crippen LogP contribution in [0.15, 0.2) is 48.5 Å². The summed E-state index contributed by atoms with van der Waals surface area (Å²) in [6.45, 7) is 4.44. The quantitative estimate of drug-likeness (QED) is 0.660. The number of benzene rings is 2. The Balaban J connectivity index is 1.50. The lowest BCUT2D eigenvalue weighted by Gasteiger charge is -2.32. The molecule has 172 valence electrons. The van der Waals surface area contributed by atoms with Crippen LogP contribution in [0, 0.1) is 11.7 Å². The molecule has 0 aromatic heterocycles. The first-order chi connectivity index (χ1) is 15.6. The minimum absolute atomic E-state index is 0.127. The molecule has 2 aliphatic rings. The Labute approximate surface area is 190 Å². The van der Waals surface area contributed by atoms with Crippen LogP contribution in [0.2, 0.25) is 0 Å². The molecule has 2 aromatic carbocycles. The number of hydrogen-bond donors (Lipinski definition) is 1. The van der Waals surface area contributed by atoms with Crippen LogP contribution in [0.5, 0.6) is 5.75 Å². The van der Waals surface area contributed by atoms with Crippen molar-refractivity contribution in [1.82, 2.24) is 4.90 Å². The highest BCUT2D eigenvalue weighted by molar-refractivity contribution is 6.06. The molecule has 1 heterocycles. The van der Waals surface area contributed by atoms with Gasteiger partial charge in [-0.05, 0) is 87.5 Å². The summed E-state index contributed by atoms with van der Waals surface area (Å²) in [5.41, 5.74) is 7.49. The van der Waals surface area contributed by atoms with Gasteiger partial charge >= 0.3 is 0 Å². The van der Waals surface area contributed by atoms with E-state index in [1.807, 2.05) is 29.2 Å². The first-order valence-electron chi connectivity index (χ1n) is 11.9. The predicted molar refractivity (Wildman–Crippen MR) is 126 cm³/mol. The van der Waals surface area contributed by atoms with Gasteiger partial charge in [-0.1, -0.05) is 12.5 Å². The average molecular weight is 440 g/mol. The molecule has 0 spiro atoms. The SMILES string of the molecule is N[C@H]1CCC[C@@H](CN(C(=O)c2ccc(F)cc2)c2cccc(OCCN3CCCC3)c2)C1. The molecule has 4 rings (SSSR count). The molecule has 1 aliphatic carbocycles. The van der Waals surface area contributed by atoms with Crippen molar-refractivity contribution in [3.63, 3.8) is 0 Å². The summed E-state index contributed by atoms with van der Waals surface area (Å²) < 4.78 is 19.4. The highest BCUT2D eigenvalue weighted by atomic mass is 19.1. The number of amides is 1. The lowest BCUT2D eigenvalue weighted by Crippen LogP contribution is -2.39. The number of halogens is 1. The summed E-state index contributed by atoms with van der Waals surface area (Å²) in [5, 5.41) is 0. The Bertz CT molecular complexity index is 883. The summed E-state index contributed by atoms with van der Waals surface area (Å²) in [4.78, 5) is 17.7. The highest BCUT2D eigenvalue weighted by Crippen LogP contribution is 2.29. The monoisotopic (exact) mass is 439 g/mol. The van der Waals surface area contributed by atoms with Crippen LogP contribution in [-0.2, 0) is 0 Å². The standard InChI is InChI=1S/C26H34FN3O2/c27-22-11-9-21(10-12-22)26(31)30(19-20-5-3-6-23(28)17-20)24-7-4-8-25(18-24)32-16-15-29-13-1-2-14-29/h4,7-12,18,20,23H,1-3,5-6,13-17,19,28H2/t20-,23+/m1/s1.